The first kappa shape index (κ1) is 10.8. The zero-order valence-corrected chi connectivity index (χ0v) is 8.99. The summed E-state index contributed by atoms with van der Waals surface area (Å²) in [6, 6.07) is -0.473. The number of aromatic nitrogens is 2. The number of piperidine rings is 1. The van der Waals surface area contributed by atoms with Crippen molar-refractivity contribution < 1.29 is 9.59 Å². The molecule has 1 atom stereocenters. The van der Waals surface area contributed by atoms with Crippen LogP contribution in [0.4, 0.5) is 5.95 Å². The van der Waals surface area contributed by atoms with Crippen molar-refractivity contribution in [3.8, 4) is 0 Å². The van der Waals surface area contributed by atoms with Crippen molar-refractivity contribution in [2.75, 3.05) is 5.32 Å². The molecular weight excluding hydrogens is 232 g/mol. The lowest BCUT2D eigenvalue weighted by molar-refractivity contribution is -0.133. The van der Waals surface area contributed by atoms with E-state index in [4.69, 9.17) is 11.6 Å². The molecule has 84 valence electrons. The first-order valence-corrected chi connectivity index (χ1v) is 5.11. The summed E-state index contributed by atoms with van der Waals surface area (Å²) < 4.78 is 0. The number of amides is 2. The Morgan fingerprint density at radius 3 is 2.69 bits per heavy atom. The van der Waals surface area contributed by atoms with Crippen LogP contribution in [-0.4, -0.2) is 27.8 Å². The molecule has 0 saturated carbocycles. The number of imide groups is 1. The fraction of sp³-hybridized carbons (Fsp3) is 0.333. The standard InChI is InChI=1S/C9H9ClN4O2/c10-5-3-11-9(12-4-5)13-6-1-2-7(15)14-8(6)16/h3-4,6H,1-2H2,(H,11,12,13)(H,14,15,16). The number of carbonyl (C=O) groups excluding carboxylic acids is 2. The second-order valence-corrected chi connectivity index (χ2v) is 3.81. The third-order valence-corrected chi connectivity index (χ3v) is 2.36. The van der Waals surface area contributed by atoms with Gasteiger partial charge < -0.3 is 5.32 Å². The SMILES string of the molecule is O=C1CCC(Nc2ncc(Cl)cn2)C(=O)N1. The molecule has 1 fully saturated rings. The van der Waals surface area contributed by atoms with E-state index in [1.54, 1.807) is 0 Å². The van der Waals surface area contributed by atoms with E-state index in [-0.39, 0.29) is 11.8 Å². The van der Waals surface area contributed by atoms with Gasteiger partial charge in [-0.05, 0) is 6.42 Å². The number of hydrogen-bond acceptors (Lipinski definition) is 5. The number of nitrogens with one attached hydrogen (secondary N) is 2. The monoisotopic (exact) mass is 240 g/mol. The maximum atomic E-state index is 11.4. The van der Waals surface area contributed by atoms with E-state index in [1.165, 1.54) is 12.4 Å². The molecule has 2 amide bonds. The first-order chi connectivity index (χ1) is 7.65. The zero-order valence-electron chi connectivity index (χ0n) is 8.24. The Balaban J connectivity index is 2.02. The molecule has 1 aromatic heterocycles. The Hall–Kier alpha value is -1.69. The normalized spacial score (nSPS) is 20.4. The predicted octanol–water partition coefficient (Wildman–Crippen LogP) is 0.347. The average Bonchev–Trinajstić information content (AvgIpc) is 2.25. The van der Waals surface area contributed by atoms with Crippen molar-refractivity contribution in [1.82, 2.24) is 15.3 Å². The summed E-state index contributed by atoms with van der Waals surface area (Å²) in [5.74, 6) is -0.284. The molecule has 1 aliphatic heterocycles. The van der Waals surface area contributed by atoms with Gasteiger partial charge >= 0.3 is 0 Å². The van der Waals surface area contributed by atoms with Gasteiger partial charge in [-0.2, -0.15) is 0 Å². The van der Waals surface area contributed by atoms with Gasteiger partial charge in [-0.25, -0.2) is 9.97 Å². The lowest BCUT2D eigenvalue weighted by Gasteiger charge is -2.21. The van der Waals surface area contributed by atoms with Gasteiger partial charge in [0.1, 0.15) is 6.04 Å². The quantitative estimate of drug-likeness (QED) is 0.729. The largest absolute Gasteiger partial charge is 0.342 e. The van der Waals surface area contributed by atoms with E-state index < -0.39 is 6.04 Å². The van der Waals surface area contributed by atoms with Gasteiger partial charge in [-0.1, -0.05) is 11.6 Å². The average molecular weight is 241 g/mol. The van der Waals surface area contributed by atoms with E-state index in [1.807, 2.05) is 0 Å². The fourth-order valence-electron chi connectivity index (χ4n) is 1.37. The third kappa shape index (κ3) is 2.46. The lowest BCUT2D eigenvalue weighted by atomic mass is 10.1. The van der Waals surface area contributed by atoms with Crippen molar-refractivity contribution in [2.45, 2.75) is 18.9 Å². The van der Waals surface area contributed by atoms with Crippen LogP contribution in [0.2, 0.25) is 5.02 Å². The molecule has 6 nitrogen and oxygen atoms in total. The van der Waals surface area contributed by atoms with Gasteiger partial charge in [-0.15, -0.1) is 0 Å². The predicted molar refractivity (Wildman–Crippen MR) is 56.8 cm³/mol. The minimum absolute atomic E-state index is 0.250. The minimum atomic E-state index is -0.473. The topological polar surface area (TPSA) is 84.0 Å². The van der Waals surface area contributed by atoms with Gasteiger partial charge in [0.05, 0.1) is 17.4 Å². The molecule has 1 aromatic rings. The van der Waals surface area contributed by atoms with Crippen molar-refractivity contribution >= 4 is 29.4 Å². The molecule has 2 rings (SSSR count). The van der Waals surface area contributed by atoms with Crippen LogP contribution in [0.5, 0.6) is 0 Å². The first-order valence-electron chi connectivity index (χ1n) is 4.73. The van der Waals surface area contributed by atoms with Crippen molar-refractivity contribution in [1.29, 1.82) is 0 Å². The van der Waals surface area contributed by atoms with Gasteiger partial charge in [0, 0.05) is 6.42 Å². The highest BCUT2D eigenvalue weighted by atomic mass is 35.5. The van der Waals surface area contributed by atoms with Crippen LogP contribution < -0.4 is 10.6 Å². The number of anilines is 1. The van der Waals surface area contributed by atoms with E-state index >= 15 is 0 Å². The molecular formula is C9H9ClN4O2. The fourth-order valence-corrected chi connectivity index (χ4v) is 1.47. The van der Waals surface area contributed by atoms with Crippen molar-refractivity contribution in [3.05, 3.63) is 17.4 Å². The van der Waals surface area contributed by atoms with Crippen LogP contribution in [-0.2, 0) is 9.59 Å². The third-order valence-electron chi connectivity index (χ3n) is 2.16. The smallest absolute Gasteiger partial charge is 0.249 e. The van der Waals surface area contributed by atoms with Crippen LogP contribution in [0.15, 0.2) is 12.4 Å². The Bertz CT molecular complexity index is 420. The Morgan fingerprint density at radius 2 is 2.06 bits per heavy atom. The highest BCUT2D eigenvalue weighted by Gasteiger charge is 2.26. The summed E-state index contributed by atoms with van der Waals surface area (Å²) in [6.07, 6.45) is 3.62. The summed E-state index contributed by atoms with van der Waals surface area (Å²) in [7, 11) is 0. The summed E-state index contributed by atoms with van der Waals surface area (Å²) in [4.78, 5) is 30.1. The summed E-state index contributed by atoms with van der Waals surface area (Å²) >= 11 is 5.63. The van der Waals surface area contributed by atoms with Gasteiger partial charge in [0.25, 0.3) is 0 Å². The Kier molecular flexibility index (Phi) is 3.00. The highest BCUT2D eigenvalue weighted by Crippen LogP contribution is 2.11. The van der Waals surface area contributed by atoms with Crippen LogP contribution in [0.1, 0.15) is 12.8 Å². The second-order valence-electron chi connectivity index (χ2n) is 3.37. The number of nitrogens with zero attached hydrogens (tertiary/aromatic N) is 2. The molecule has 16 heavy (non-hydrogen) atoms. The number of rotatable bonds is 2. The van der Waals surface area contributed by atoms with Gasteiger partial charge in [0.15, 0.2) is 0 Å². The molecule has 0 radical (unpaired) electrons. The van der Waals surface area contributed by atoms with Gasteiger partial charge in [-0.3, -0.25) is 14.9 Å². The molecule has 1 unspecified atom stereocenters. The number of carbonyl (C=O) groups is 2. The second kappa shape index (κ2) is 4.44. The van der Waals surface area contributed by atoms with Gasteiger partial charge in [0.2, 0.25) is 17.8 Å². The lowest BCUT2D eigenvalue weighted by Crippen LogP contribution is -2.47. The molecule has 0 aliphatic carbocycles. The highest BCUT2D eigenvalue weighted by molar-refractivity contribution is 6.30. The summed E-state index contributed by atoms with van der Waals surface area (Å²) in [5.41, 5.74) is 0. The van der Waals surface area contributed by atoms with Crippen LogP contribution in [0.3, 0.4) is 0 Å². The van der Waals surface area contributed by atoms with E-state index in [9.17, 15) is 9.59 Å². The molecule has 2 N–H and O–H groups in total. The maximum Gasteiger partial charge on any atom is 0.249 e. The molecule has 2 heterocycles. The summed E-state index contributed by atoms with van der Waals surface area (Å²) in [6.45, 7) is 0. The van der Waals surface area contributed by atoms with Crippen LogP contribution in [0, 0.1) is 0 Å². The maximum absolute atomic E-state index is 11.4. The van der Waals surface area contributed by atoms with Crippen molar-refractivity contribution in [3.63, 3.8) is 0 Å². The molecule has 0 aromatic carbocycles. The number of halogens is 1. The van der Waals surface area contributed by atoms with E-state index in [0.29, 0.717) is 23.8 Å². The number of hydrogen-bond donors (Lipinski definition) is 2. The Morgan fingerprint density at radius 1 is 1.38 bits per heavy atom. The van der Waals surface area contributed by atoms with E-state index in [0.717, 1.165) is 0 Å². The Labute approximate surface area is 96.4 Å². The molecule has 0 spiro atoms. The van der Waals surface area contributed by atoms with Crippen LogP contribution in [0.25, 0.3) is 0 Å². The minimum Gasteiger partial charge on any atom is -0.342 e. The molecule has 1 aliphatic rings. The molecule has 1 saturated heterocycles. The zero-order chi connectivity index (χ0) is 11.5. The summed E-state index contributed by atoms with van der Waals surface area (Å²) in [5, 5.41) is 5.50. The van der Waals surface area contributed by atoms with Crippen LogP contribution >= 0.6 is 11.6 Å². The van der Waals surface area contributed by atoms with Crippen molar-refractivity contribution in [2.24, 2.45) is 0 Å². The van der Waals surface area contributed by atoms with E-state index in [2.05, 4.69) is 20.6 Å². The molecule has 7 heteroatoms. The molecule has 0 bridgehead atoms.